The van der Waals surface area contributed by atoms with Gasteiger partial charge in [0.05, 0.1) is 0 Å². The van der Waals surface area contributed by atoms with Gasteiger partial charge in [-0.25, -0.2) is 0 Å². The summed E-state index contributed by atoms with van der Waals surface area (Å²) in [5, 5.41) is 3.10. The molecule has 2 atom stereocenters. The third-order valence-electron chi connectivity index (χ3n) is 4.53. The quantitative estimate of drug-likeness (QED) is 0.779. The van der Waals surface area contributed by atoms with Crippen LogP contribution in [-0.2, 0) is 4.79 Å². The number of rotatable bonds is 5. The van der Waals surface area contributed by atoms with Crippen LogP contribution >= 0.6 is 0 Å². The van der Waals surface area contributed by atoms with Gasteiger partial charge in [-0.1, -0.05) is 26.2 Å². The van der Waals surface area contributed by atoms with Crippen LogP contribution in [0.3, 0.4) is 0 Å². The molecule has 0 aliphatic heterocycles. The number of nitrogens with zero attached hydrogens (tertiary/aromatic N) is 1. The van der Waals surface area contributed by atoms with Crippen molar-refractivity contribution < 1.29 is 4.79 Å². The van der Waals surface area contributed by atoms with Gasteiger partial charge in [0.1, 0.15) is 0 Å². The lowest BCUT2D eigenvalue weighted by Gasteiger charge is -2.43. The minimum absolute atomic E-state index is 0.0804. The summed E-state index contributed by atoms with van der Waals surface area (Å²) in [5.74, 6) is -0.0374. The van der Waals surface area contributed by atoms with E-state index in [0.29, 0.717) is 0 Å². The highest BCUT2D eigenvalue weighted by atomic mass is 16.1. The lowest BCUT2D eigenvalue weighted by atomic mass is 9.80. The summed E-state index contributed by atoms with van der Waals surface area (Å²) >= 11 is 0. The van der Waals surface area contributed by atoms with E-state index >= 15 is 0 Å². The van der Waals surface area contributed by atoms with Gasteiger partial charge in [-0.15, -0.1) is 0 Å². The van der Waals surface area contributed by atoms with Crippen LogP contribution in [0.15, 0.2) is 0 Å². The summed E-state index contributed by atoms with van der Waals surface area (Å²) in [6.45, 7) is 4.52. The molecule has 4 heteroatoms. The molecule has 3 N–H and O–H groups in total. The Morgan fingerprint density at radius 2 is 1.83 bits per heavy atom. The Hall–Kier alpha value is -0.610. The predicted octanol–water partition coefficient (Wildman–Crippen LogP) is 1.35. The number of likely N-dealkylation sites (N-methyl/N-ethyl adjacent to an activating group) is 1. The van der Waals surface area contributed by atoms with Gasteiger partial charge in [0, 0.05) is 24.0 Å². The minimum Gasteiger partial charge on any atom is -0.354 e. The summed E-state index contributed by atoms with van der Waals surface area (Å²) in [5.41, 5.74) is 5.91. The molecule has 0 aromatic rings. The Morgan fingerprint density at radius 1 is 1.28 bits per heavy atom. The average molecular weight is 255 g/mol. The van der Waals surface area contributed by atoms with Crippen LogP contribution < -0.4 is 11.1 Å². The summed E-state index contributed by atoms with van der Waals surface area (Å²) in [6, 6.07) is -0.0911. The maximum absolute atomic E-state index is 12.0. The third-order valence-corrected chi connectivity index (χ3v) is 4.53. The van der Waals surface area contributed by atoms with Crippen LogP contribution in [-0.4, -0.2) is 43.0 Å². The average Bonchev–Trinajstić information content (AvgIpc) is 2.35. The molecule has 0 saturated heterocycles. The molecular formula is C14H29N3O. The van der Waals surface area contributed by atoms with E-state index in [1.165, 1.54) is 32.1 Å². The van der Waals surface area contributed by atoms with Crippen LogP contribution in [0.5, 0.6) is 0 Å². The normalized spacial score (nSPS) is 22.6. The topological polar surface area (TPSA) is 58.4 Å². The number of nitrogens with one attached hydrogen (secondary N) is 1. The smallest absolute Gasteiger partial charge is 0.224 e. The molecule has 4 nitrogen and oxygen atoms in total. The number of amides is 1. The van der Waals surface area contributed by atoms with Crippen molar-refractivity contribution in [1.29, 1.82) is 0 Å². The molecule has 1 saturated carbocycles. The Morgan fingerprint density at radius 3 is 2.28 bits per heavy atom. The Labute approximate surface area is 111 Å². The van der Waals surface area contributed by atoms with E-state index in [1.54, 1.807) is 0 Å². The zero-order chi connectivity index (χ0) is 13.8. The number of carbonyl (C=O) groups excluding carboxylic acids is 1. The molecule has 18 heavy (non-hydrogen) atoms. The minimum atomic E-state index is -0.118. The molecule has 2 unspecified atom stereocenters. The van der Waals surface area contributed by atoms with Crippen LogP contribution in [0, 0.1) is 5.92 Å². The highest BCUT2D eigenvalue weighted by Crippen LogP contribution is 2.31. The largest absolute Gasteiger partial charge is 0.354 e. The summed E-state index contributed by atoms with van der Waals surface area (Å²) in [7, 11) is 4.24. The van der Waals surface area contributed by atoms with E-state index in [9.17, 15) is 4.79 Å². The van der Waals surface area contributed by atoms with Gasteiger partial charge in [-0.2, -0.15) is 0 Å². The van der Waals surface area contributed by atoms with E-state index in [1.807, 2.05) is 13.8 Å². The first-order valence-corrected chi connectivity index (χ1v) is 7.10. The fourth-order valence-corrected chi connectivity index (χ4v) is 2.64. The lowest BCUT2D eigenvalue weighted by Crippen LogP contribution is -2.55. The van der Waals surface area contributed by atoms with Gasteiger partial charge < -0.3 is 16.0 Å². The first kappa shape index (κ1) is 15.4. The summed E-state index contributed by atoms with van der Waals surface area (Å²) in [6.07, 6.45) is 6.19. The molecule has 1 rings (SSSR count). The van der Waals surface area contributed by atoms with E-state index < -0.39 is 0 Å². The number of hydrogen-bond donors (Lipinski definition) is 2. The number of hydrogen-bond acceptors (Lipinski definition) is 3. The molecule has 1 amide bonds. The molecule has 1 aliphatic carbocycles. The number of carbonyl (C=O) groups is 1. The third kappa shape index (κ3) is 3.69. The van der Waals surface area contributed by atoms with Gasteiger partial charge in [0.25, 0.3) is 0 Å². The zero-order valence-corrected chi connectivity index (χ0v) is 12.3. The second-order valence-corrected chi connectivity index (χ2v) is 6.05. The van der Waals surface area contributed by atoms with Gasteiger partial charge in [0.2, 0.25) is 5.91 Å². The van der Waals surface area contributed by atoms with E-state index in [4.69, 9.17) is 5.73 Å². The Kier molecular flexibility index (Phi) is 5.60. The van der Waals surface area contributed by atoms with Crippen molar-refractivity contribution in [2.75, 3.05) is 20.6 Å². The zero-order valence-electron chi connectivity index (χ0n) is 12.3. The van der Waals surface area contributed by atoms with Crippen molar-refractivity contribution in [1.82, 2.24) is 10.2 Å². The van der Waals surface area contributed by atoms with Crippen molar-refractivity contribution in [3.05, 3.63) is 0 Å². The lowest BCUT2D eigenvalue weighted by molar-refractivity contribution is -0.125. The second kappa shape index (κ2) is 6.53. The molecule has 0 spiro atoms. The van der Waals surface area contributed by atoms with Crippen molar-refractivity contribution >= 4 is 5.91 Å². The maximum Gasteiger partial charge on any atom is 0.224 e. The van der Waals surface area contributed by atoms with Crippen LogP contribution in [0.1, 0.15) is 46.0 Å². The molecule has 1 aliphatic rings. The maximum atomic E-state index is 12.0. The highest BCUT2D eigenvalue weighted by molar-refractivity contribution is 5.79. The van der Waals surface area contributed by atoms with Gasteiger partial charge >= 0.3 is 0 Å². The first-order chi connectivity index (χ1) is 8.39. The molecule has 0 bridgehead atoms. The predicted molar refractivity (Wildman–Crippen MR) is 75.3 cm³/mol. The first-order valence-electron chi connectivity index (χ1n) is 7.10. The number of nitrogens with two attached hydrogens (primary N) is 1. The fourth-order valence-electron chi connectivity index (χ4n) is 2.64. The van der Waals surface area contributed by atoms with Crippen LogP contribution in [0.4, 0.5) is 0 Å². The van der Waals surface area contributed by atoms with Crippen molar-refractivity contribution in [3.63, 3.8) is 0 Å². The highest BCUT2D eigenvalue weighted by Gasteiger charge is 2.34. The van der Waals surface area contributed by atoms with Gasteiger partial charge in [-0.3, -0.25) is 4.79 Å². The second-order valence-electron chi connectivity index (χ2n) is 6.05. The van der Waals surface area contributed by atoms with Gasteiger partial charge in [0.15, 0.2) is 0 Å². The van der Waals surface area contributed by atoms with Gasteiger partial charge in [-0.05, 0) is 33.9 Å². The summed E-state index contributed by atoms with van der Waals surface area (Å²) in [4.78, 5) is 14.3. The molecule has 0 aromatic carbocycles. The Balaban J connectivity index is 2.55. The van der Waals surface area contributed by atoms with Crippen LogP contribution in [0.25, 0.3) is 0 Å². The van der Waals surface area contributed by atoms with E-state index in [0.717, 1.165) is 6.54 Å². The molecule has 1 fully saturated rings. The van der Waals surface area contributed by atoms with E-state index in [2.05, 4.69) is 24.3 Å². The monoisotopic (exact) mass is 255 g/mol. The molecular weight excluding hydrogens is 226 g/mol. The van der Waals surface area contributed by atoms with Crippen molar-refractivity contribution in [2.24, 2.45) is 11.7 Å². The molecule has 0 radical (unpaired) electrons. The Bertz CT molecular complexity index is 270. The standard InChI is InChI=1S/C14H29N3O/c1-11(12(2)15)13(18)16-10-14(17(3)4)8-6-5-7-9-14/h11-12H,5-10,15H2,1-4H3,(H,16,18). The van der Waals surface area contributed by atoms with Crippen molar-refractivity contribution in [3.8, 4) is 0 Å². The molecule has 0 aromatic heterocycles. The fraction of sp³-hybridized carbons (Fsp3) is 0.929. The summed E-state index contributed by atoms with van der Waals surface area (Å²) < 4.78 is 0. The van der Waals surface area contributed by atoms with Crippen molar-refractivity contribution in [2.45, 2.75) is 57.5 Å². The SMILES string of the molecule is CC(N)C(C)C(=O)NCC1(N(C)C)CCCCC1. The molecule has 0 heterocycles. The van der Waals surface area contributed by atoms with Crippen LogP contribution in [0.2, 0.25) is 0 Å². The van der Waals surface area contributed by atoms with E-state index in [-0.39, 0.29) is 23.4 Å². The molecule has 106 valence electrons.